The molecule has 0 N–H and O–H groups in total. The standard InChI is InChI=1S/C16H8F2N.C4H8N2.Pt/c17-16(18)12-6-2-1-5-11(12)15-14-10(8-9-19-15)4-3-7-13(14)16;1-5-3-4-6-2;/h1-4,6-9H;3-4H,1-2H3;/q-1;-2;/b;4-3-;. The molecule has 0 unspecified atom stereocenters. The third-order valence-electron chi connectivity index (χ3n) is 3.93. The molecule has 4 rings (SSSR count). The minimum atomic E-state index is -3.00. The number of halogens is 2. The van der Waals surface area contributed by atoms with Crippen molar-refractivity contribution in [3.05, 3.63) is 88.9 Å². The monoisotopic (exact) mass is 531 g/mol. The molecule has 3 nitrogen and oxygen atoms in total. The van der Waals surface area contributed by atoms with Crippen LogP contribution < -0.4 is 0 Å². The van der Waals surface area contributed by atoms with E-state index in [1.54, 1.807) is 57.0 Å². The molecule has 0 atom stereocenters. The molecule has 3 aromatic rings. The van der Waals surface area contributed by atoms with Crippen LogP contribution in [0.2, 0.25) is 0 Å². The van der Waals surface area contributed by atoms with Crippen LogP contribution in [0, 0.1) is 6.07 Å². The summed E-state index contributed by atoms with van der Waals surface area (Å²) in [6, 6.07) is 14.3. The molecular weight excluding hydrogens is 515 g/mol. The van der Waals surface area contributed by atoms with Gasteiger partial charge in [0.05, 0.1) is 0 Å². The van der Waals surface area contributed by atoms with E-state index in [2.05, 4.69) is 21.7 Å². The summed E-state index contributed by atoms with van der Waals surface area (Å²) >= 11 is 0. The molecule has 1 aliphatic carbocycles. The molecule has 0 amide bonds. The third-order valence-corrected chi connectivity index (χ3v) is 3.93. The van der Waals surface area contributed by atoms with Gasteiger partial charge in [-0.25, -0.2) is 21.2 Å². The van der Waals surface area contributed by atoms with E-state index in [1.807, 2.05) is 6.07 Å². The fraction of sp³-hybridized carbons (Fsp3) is 0.150. The molecule has 138 valence electrons. The Morgan fingerprint density at radius 1 is 1.00 bits per heavy atom. The summed E-state index contributed by atoms with van der Waals surface area (Å²) in [7, 11) is 3.42. The smallest absolute Gasteiger partial charge is 0.266 e. The number of hydrogen-bond acceptors (Lipinski definition) is 1. The first-order valence-corrected chi connectivity index (χ1v) is 7.71. The Bertz CT molecular complexity index is 915. The molecule has 26 heavy (non-hydrogen) atoms. The summed E-state index contributed by atoms with van der Waals surface area (Å²) in [5, 5.41) is 8.62. The van der Waals surface area contributed by atoms with Crippen LogP contribution in [0.3, 0.4) is 0 Å². The number of aromatic nitrogens is 1. The summed E-state index contributed by atoms with van der Waals surface area (Å²) < 4.78 is 29.2. The van der Waals surface area contributed by atoms with Gasteiger partial charge in [0.25, 0.3) is 5.92 Å². The summed E-state index contributed by atoms with van der Waals surface area (Å²) in [5.41, 5.74) is 1.00. The Hall–Kier alpha value is -2.26. The van der Waals surface area contributed by atoms with Crippen LogP contribution in [0.1, 0.15) is 11.1 Å². The number of pyridine rings is 1. The average Bonchev–Trinajstić information content (AvgIpc) is 2.65. The average molecular weight is 531 g/mol. The molecule has 0 bridgehead atoms. The maximum atomic E-state index is 14.6. The Balaban J connectivity index is 0.000000305. The van der Waals surface area contributed by atoms with E-state index in [0.29, 0.717) is 16.6 Å². The first-order chi connectivity index (χ1) is 12.1. The van der Waals surface area contributed by atoms with Crippen LogP contribution in [0.4, 0.5) is 8.78 Å². The van der Waals surface area contributed by atoms with Gasteiger partial charge in [-0.15, -0.1) is 43.9 Å². The normalized spacial score (nSPS) is 13.2. The van der Waals surface area contributed by atoms with Crippen molar-refractivity contribution in [3.63, 3.8) is 0 Å². The van der Waals surface area contributed by atoms with Gasteiger partial charge >= 0.3 is 0 Å². The molecular formula is C20H16F2N3Pt-3. The van der Waals surface area contributed by atoms with E-state index in [0.717, 1.165) is 5.39 Å². The number of benzene rings is 2. The number of nitrogens with zero attached hydrogens (tertiary/aromatic N) is 3. The van der Waals surface area contributed by atoms with Crippen molar-refractivity contribution >= 4 is 10.8 Å². The van der Waals surface area contributed by atoms with Crippen LogP contribution in [-0.2, 0) is 27.0 Å². The van der Waals surface area contributed by atoms with Gasteiger partial charge in [-0.3, -0.25) is 0 Å². The van der Waals surface area contributed by atoms with Crippen molar-refractivity contribution < 1.29 is 29.8 Å². The fourth-order valence-corrected chi connectivity index (χ4v) is 2.85. The first-order valence-electron chi connectivity index (χ1n) is 7.71. The maximum Gasteiger partial charge on any atom is 0.266 e. The Morgan fingerprint density at radius 3 is 2.38 bits per heavy atom. The van der Waals surface area contributed by atoms with Gasteiger partial charge in [-0.05, 0) is 22.5 Å². The summed E-state index contributed by atoms with van der Waals surface area (Å²) in [4.78, 5) is 4.28. The third kappa shape index (κ3) is 3.49. The topological polar surface area (TPSA) is 41.1 Å². The Labute approximate surface area is 165 Å². The van der Waals surface area contributed by atoms with Crippen LogP contribution in [-0.4, -0.2) is 19.1 Å². The molecule has 0 spiro atoms. The number of alkyl halides is 2. The van der Waals surface area contributed by atoms with E-state index in [-0.39, 0.29) is 32.2 Å². The van der Waals surface area contributed by atoms with Gasteiger partial charge in [-0.1, -0.05) is 23.8 Å². The van der Waals surface area contributed by atoms with Gasteiger partial charge < -0.3 is 15.6 Å². The largest absolute Gasteiger partial charge is 0.695 e. The van der Waals surface area contributed by atoms with Gasteiger partial charge in [0.1, 0.15) is 0 Å². The molecule has 1 aliphatic rings. The van der Waals surface area contributed by atoms with E-state index in [4.69, 9.17) is 0 Å². The van der Waals surface area contributed by atoms with Crippen molar-refractivity contribution in [2.75, 3.05) is 14.1 Å². The summed E-state index contributed by atoms with van der Waals surface area (Å²) in [6.45, 7) is 0. The number of rotatable bonds is 2. The zero-order valence-electron chi connectivity index (χ0n) is 14.2. The minimum absolute atomic E-state index is 0. The van der Waals surface area contributed by atoms with Gasteiger partial charge in [-0.2, -0.15) is 0 Å². The fourth-order valence-electron chi connectivity index (χ4n) is 2.85. The predicted octanol–water partition coefficient (Wildman–Crippen LogP) is 5.62. The molecule has 0 saturated carbocycles. The molecule has 0 fully saturated rings. The van der Waals surface area contributed by atoms with Gasteiger partial charge in [0.2, 0.25) is 0 Å². The maximum absolute atomic E-state index is 14.6. The summed E-state index contributed by atoms with van der Waals surface area (Å²) in [6.07, 6.45) is 4.93. The van der Waals surface area contributed by atoms with Crippen molar-refractivity contribution in [1.29, 1.82) is 0 Å². The SMILES string of the molecule is C[N-]/C=C\[N-]C.FC1(F)c2ccc[c-]c2-c2nccc3cccc1c23.[Pt]. The molecule has 0 saturated heterocycles. The van der Waals surface area contributed by atoms with E-state index < -0.39 is 5.92 Å². The van der Waals surface area contributed by atoms with Crippen molar-refractivity contribution in [2.24, 2.45) is 0 Å². The zero-order chi connectivity index (χ0) is 17.9. The molecule has 0 aliphatic heterocycles. The Morgan fingerprint density at radius 2 is 1.69 bits per heavy atom. The first kappa shape index (κ1) is 20.1. The quantitative estimate of drug-likeness (QED) is 0.396. The molecule has 6 heteroatoms. The van der Waals surface area contributed by atoms with Crippen molar-refractivity contribution in [1.82, 2.24) is 4.98 Å². The van der Waals surface area contributed by atoms with E-state index >= 15 is 0 Å². The Kier molecular flexibility index (Phi) is 6.49. The minimum Gasteiger partial charge on any atom is -0.695 e. The van der Waals surface area contributed by atoms with E-state index in [1.165, 1.54) is 12.1 Å². The van der Waals surface area contributed by atoms with Crippen LogP contribution in [0.25, 0.3) is 32.7 Å². The molecule has 1 heterocycles. The number of fused-ring (bicyclic) bond motifs is 2. The zero-order valence-corrected chi connectivity index (χ0v) is 16.5. The van der Waals surface area contributed by atoms with Crippen LogP contribution in [0.5, 0.6) is 0 Å². The second kappa shape index (κ2) is 8.41. The molecule has 0 radical (unpaired) electrons. The van der Waals surface area contributed by atoms with Crippen molar-refractivity contribution in [3.8, 4) is 11.3 Å². The molecule has 1 aromatic heterocycles. The number of hydrogen-bond donors (Lipinski definition) is 0. The van der Waals surface area contributed by atoms with E-state index in [9.17, 15) is 8.78 Å². The van der Waals surface area contributed by atoms with Gasteiger partial charge in [0.15, 0.2) is 0 Å². The predicted molar refractivity (Wildman–Crippen MR) is 96.7 cm³/mol. The van der Waals surface area contributed by atoms with Crippen molar-refractivity contribution in [2.45, 2.75) is 5.92 Å². The summed E-state index contributed by atoms with van der Waals surface area (Å²) in [5.74, 6) is -3.00. The second-order valence-electron chi connectivity index (χ2n) is 5.41. The van der Waals surface area contributed by atoms with Crippen LogP contribution in [0.15, 0.2) is 61.1 Å². The molecule has 2 aromatic carbocycles. The van der Waals surface area contributed by atoms with Crippen LogP contribution >= 0.6 is 0 Å². The van der Waals surface area contributed by atoms with Gasteiger partial charge in [0, 0.05) is 32.8 Å². The second-order valence-corrected chi connectivity index (χ2v) is 5.41.